The molecule has 6 nitrogen and oxygen atoms in total. The number of methoxy groups -OCH3 is 4. The van der Waals surface area contributed by atoms with Gasteiger partial charge in [0.05, 0.1) is 28.4 Å². The van der Waals surface area contributed by atoms with Crippen LogP contribution in [0, 0.1) is 0 Å². The summed E-state index contributed by atoms with van der Waals surface area (Å²) < 4.78 is 22.2. The van der Waals surface area contributed by atoms with Crippen molar-refractivity contribution in [3.8, 4) is 34.1 Å². The Hall–Kier alpha value is -5.62. The Morgan fingerprint density at radius 1 is 0.409 bits per heavy atom. The average molecular weight is 583 g/mol. The molecule has 44 heavy (non-hydrogen) atoms. The van der Waals surface area contributed by atoms with E-state index < -0.39 is 0 Å². The lowest BCUT2D eigenvalue weighted by molar-refractivity contribution is 0.103. The molecular formula is C38H30O6. The Kier molecular flexibility index (Phi) is 7.73. The number of hydrogen-bond donors (Lipinski definition) is 0. The van der Waals surface area contributed by atoms with Gasteiger partial charge in [-0.25, -0.2) is 0 Å². The summed E-state index contributed by atoms with van der Waals surface area (Å²) in [7, 11) is 6.46. The molecule has 0 aliphatic rings. The zero-order valence-electron chi connectivity index (χ0n) is 24.8. The molecule has 0 amide bonds. The molecule has 0 unspecified atom stereocenters. The van der Waals surface area contributed by atoms with Crippen LogP contribution in [0.15, 0.2) is 109 Å². The highest BCUT2D eigenvalue weighted by Crippen LogP contribution is 2.45. The molecule has 0 saturated carbocycles. The monoisotopic (exact) mass is 582 g/mol. The second kappa shape index (κ2) is 11.9. The van der Waals surface area contributed by atoms with Crippen molar-refractivity contribution in [2.75, 3.05) is 28.4 Å². The fraction of sp³-hybridized carbons (Fsp3) is 0.105. The predicted octanol–water partition coefficient (Wildman–Crippen LogP) is 8.16. The van der Waals surface area contributed by atoms with Crippen molar-refractivity contribution in [1.29, 1.82) is 0 Å². The van der Waals surface area contributed by atoms with Gasteiger partial charge in [0.2, 0.25) is 0 Å². The SMILES string of the molecule is COc1ccc(C(=O)c2ccc3c(-c4c(OC)ccc5cc(C(=O)c6ccc(OC)cc6)ccc45)c(OC)ccc3c2)cc1. The molecule has 6 rings (SSSR count). The minimum absolute atomic E-state index is 0.0799. The molecule has 6 aromatic carbocycles. The Labute approximate surface area is 255 Å². The van der Waals surface area contributed by atoms with Gasteiger partial charge in [0.1, 0.15) is 23.0 Å². The summed E-state index contributed by atoms with van der Waals surface area (Å²) in [6.45, 7) is 0. The van der Waals surface area contributed by atoms with Crippen LogP contribution < -0.4 is 18.9 Å². The van der Waals surface area contributed by atoms with Gasteiger partial charge in [0.15, 0.2) is 11.6 Å². The number of rotatable bonds is 9. The molecule has 0 heterocycles. The highest BCUT2D eigenvalue weighted by Gasteiger charge is 2.21. The van der Waals surface area contributed by atoms with E-state index >= 15 is 0 Å². The van der Waals surface area contributed by atoms with E-state index in [0.29, 0.717) is 45.3 Å². The van der Waals surface area contributed by atoms with Crippen molar-refractivity contribution in [2.45, 2.75) is 0 Å². The Morgan fingerprint density at radius 3 is 1.11 bits per heavy atom. The summed E-state index contributed by atoms with van der Waals surface area (Å²) in [6, 6.07) is 33.2. The number of fused-ring (bicyclic) bond motifs is 2. The number of benzene rings is 6. The van der Waals surface area contributed by atoms with Gasteiger partial charge in [-0.2, -0.15) is 0 Å². The minimum Gasteiger partial charge on any atom is -0.497 e. The molecule has 0 saturated heterocycles. The largest absolute Gasteiger partial charge is 0.497 e. The second-order valence-electron chi connectivity index (χ2n) is 10.3. The van der Waals surface area contributed by atoms with Crippen molar-refractivity contribution in [1.82, 2.24) is 0 Å². The molecular weight excluding hydrogens is 552 g/mol. The molecule has 218 valence electrons. The molecule has 0 spiro atoms. The first-order chi connectivity index (χ1) is 21.4. The maximum Gasteiger partial charge on any atom is 0.193 e. The molecule has 6 aromatic rings. The lowest BCUT2D eigenvalue weighted by atomic mass is 9.90. The van der Waals surface area contributed by atoms with Crippen molar-refractivity contribution in [3.63, 3.8) is 0 Å². The van der Waals surface area contributed by atoms with Gasteiger partial charge in [-0.3, -0.25) is 9.59 Å². The first-order valence-electron chi connectivity index (χ1n) is 14.0. The van der Waals surface area contributed by atoms with Crippen LogP contribution in [-0.4, -0.2) is 40.0 Å². The highest BCUT2D eigenvalue weighted by molar-refractivity contribution is 6.15. The molecule has 6 heteroatoms. The van der Waals surface area contributed by atoms with Gasteiger partial charge in [-0.15, -0.1) is 0 Å². The summed E-state index contributed by atoms with van der Waals surface area (Å²) in [5, 5.41) is 3.57. The van der Waals surface area contributed by atoms with E-state index in [2.05, 4.69) is 0 Å². The van der Waals surface area contributed by atoms with E-state index in [9.17, 15) is 9.59 Å². The molecule has 0 atom stereocenters. The van der Waals surface area contributed by atoms with E-state index in [0.717, 1.165) is 32.7 Å². The molecule has 0 N–H and O–H groups in total. The summed E-state index contributed by atoms with van der Waals surface area (Å²) in [5.41, 5.74) is 3.98. The van der Waals surface area contributed by atoms with Crippen LogP contribution in [0.25, 0.3) is 32.7 Å². The number of carbonyl (C=O) groups is 2. The standard InChI is InChI=1S/C38H30O6/c1-41-29-13-5-23(6-14-29)37(39)27-9-17-31-25(21-27)11-19-33(43-3)35(31)36-32-18-10-28(22-26(32)12-20-34(36)44-4)38(40)24-7-15-30(42-2)16-8-24/h5-22H,1-4H3. The van der Waals surface area contributed by atoms with Gasteiger partial charge >= 0.3 is 0 Å². The smallest absolute Gasteiger partial charge is 0.193 e. The average Bonchev–Trinajstić information content (AvgIpc) is 3.09. The zero-order chi connectivity index (χ0) is 30.8. The van der Waals surface area contributed by atoms with E-state index in [-0.39, 0.29) is 11.6 Å². The zero-order valence-corrected chi connectivity index (χ0v) is 24.8. The van der Waals surface area contributed by atoms with Gasteiger partial charge in [-0.05, 0) is 94.3 Å². The Bertz CT molecular complexity index is 1880. The van der Waals surface area contributed by atoms with Crippen LogP contribution >= 0.6 is 0 Å². The first-order valence-corrected chi connectivity index (χ1v) is 14.0. The number of ether oxygens (including phenoxy) is 4. The van der Waals surface area contributed by atoms with Crippen molar-refractivity contribution in [2.24, 2.45) is 0 Å². The Morgan fingerprint density at radius 2 is 0.773 bits per heavy atom. The van der Waals surface area contributed by atoms with Crippen molar-refractivity contribution >= 4 is 33.1 Å². The first kappa shape index (κ1) is 28.5. The summed E-state index contributed by atoms with van der Waals surface area (Å²) in [5.74, 6) is 2.55. The normalized spacial score (nSPS) is 10.9. The van der Waals surface area contributed by atoms with Crippen molar-refractivity contribution < 1.29 is 28.5 Å². The van der Waals surface area contributed by atoms with Crippen LogP contribution in [0.1, 0.15) is 31.8 Å². The predicted molar refractivity (Wildman–Crippen MR) is 173 cm³/mol. The van der Waals surface area contributed by atoms with Gasteiger partial charge in [0, 0.05) is 33.4 Å². The summed E-state index contributed by atoms with van der Waals surface area (Å²) in [6.07, 6.45) is 0. The number of carbonyl (C=O) groups excluding carboxylic acids is 2. The van der Waals surface area contributed by atoms with E-state index in [1.807, 2.05) is 60.7 Å². The highest BCUT2D eigenvalue weighted by atomic mass is 16.5. The van der Waals surface area contributed by atoms with Gasteiger partial charge in [-0.1, -0.05) is 36.4 Å². The van der Waals surface area contributed by atoms with Crippen LogP contribution in [0.5, 0.6) is 23.0 Å². The molecule has 0 aliphatic carbocycles. The third kappa shape index (κ3) is 5.11. The van der Waals surface area contributed by atoms with E-state index in [1.54, 1.807) is 77.0 Å². The minimum atomic E-state index is -0.0799. The maximum absolute atomic E-state index is 13.3. The number of ketones is 2. The van der Waals surface area contributed by atoms with Crippen LogP contribution in [-0.2, 0) is 0 Å². The maximum atomic E-state index is 13.3. The van der Waals surface area contributed by atoms with Crippen LogP contribution in [0.4, 0.5) is 0 Å². The Balaban J connectivity index is 1.47. The molecule has 0 aromatic heterocycles. The molecule has 0 bridgehead atoms. The van der Waals surface area contributed by atoms with E-state index in [1.165, 1.54) is 0 Å². The lowest BCUT2D eigenvalue weighted by Crippen LogP contribution is -2.02. The second-order valence-corrected chi connectivity index (χ2v) is 10.3. The summed E-state index contributed by atoms with van der Waals surface area (Å²) in [4.78, 5) is 26.7. The fourth-order valence-corrected chi connectivity index (χ4v) is 5.58. The number of hydrogen-bond acceptors (Lipinski definition) is 6. The lowest BCUT2D eigenvalue weighted by Gasteiger charge is -2.18. The van der Waals surface area contributed by atoms with E-state index in [4.69, 9.17) is 18.9 Å². The topological polar surface area (TPSA) is 71.1 Å². The van der Waals surface area contributed by atoms with Crippen molar-refractivity contribution in [3.05, 3.63) is 131 Å². The molecule has 0 aliphatic heterocycles. The quantitative estimate of drug-likeness (QED) is 0.160. The molecule has 0 radical (unpaired) electrons. The fourth-order valence-electron chi connectivity index (χ4n) is 5.58. The summed E-state index contributed by atoms with van der Waals surface area (Å²) >= 11 is 0. The van der Waals surface area contributed by atoms with Gasteiger partial charge in [0.25, 0.3) is 0 Å². The molecule has 0 fully saturated rings. The van der Waals surface area contributed by atoms with Gasteiger partial charge < -0.3 is 18.9 Å². The van der Waals surface area contributed by atoms with Crippen LogP contribution in [0.3, 0.4) is 0 Å². The third-order valence-electron chi connectivity index (χ3n) is 7.88. The van der Waals surface area contributed by atoms with Crippen LogP contribution in [0.2, 0.25) is 0 Å². The third-order valence-corrected chi connectivity index (χ3v) is 7.88.